The van der Waals surface area contributed by atoms with Gasteiger partial charge in [0.15, 0.2) is 0 Å². The standard InChI is InChI=1S/C24H43N3O2/c1-6-24(10-12-27(13-11-24)17-20(28)25-22(3,4)5)26-21(29)23-9-7-8-19(16-23)14-18(2)15-23/h18-19H,6-17H2,1-5H3,(H,25,28)(H,26,29). The van der Waals surface area contributed by atoms with Crippen molar-refractivity contribution in [1.82, 2.24) is 15.5 Å². The Kier molecular flexibility index (Phi) is 6.67. The molecule has 0 aromatic rings. The van der Waals surface area contributed by atoms with Gasteiger partial charge in [-0.2, -0.15) is 0 Å². The third kappa shape index (κ3) is 5.53. The van der Waals surface area contributed by atoms with Crippen LogP contribution in [-0.2, 0) is 9.59 Å². The van der Waals surface area contributed by atoms with E-state index in [1.165, 1.54) is 19.3 Å². The Morgan fingerprint density at radius 2 is 1.79 bits per heavy atom. The molecular weight excluding hydrogens is 362 g/mol. The third-order valence-corrected chi connectivity index (χ3v) is 7.65. The Bertz CT molecular complexity index is 600. The van der Waals surface area contributed by atoms with Gasteiger partial charge in [-0.15, -0.1) is 0 Å². The first kappa shape index (κ1) is 22.6. The summed E-state index contributed by atoms with van der Waals surface area (Å²) >= 11 is 0. The Morgan fingerprint density at radius 3 is 2.41 bits per heavy atom. The molecule has 5 nitrogen and oxygen atoms in total. The number of nitrogens with one attached hydrogen (secondary N) is 2. The Hall–Kier alpha value is -1.10. The summed E-state index contributed by atoms with van der Waals surface area (Å²) < 4.78 is 0. The van der Waals surface area contributed by atoms with Gasteiger partial charge in [-0.25, -0.2) is 0 Å². The zero-order valence-electron chi connectivity index (χ0n) is 19.4. The molecule has 3 atom stereocenters. The highest BCUT2D eigenvalue weighted by molar-refractivity contribution is 5.83. The first-order chi connectivity index (χ1) is 13.5. The number of hydrogen-bond acceptors (Lipinski definition) is 3. The fourth-order valence-corrected chi connectivity index (χ4v) is 6.23. The van der Waals surface area contributed by atoms with Crippen molar-refractivity contribution in [2.45, 2.75) is 103 Å². The summed E-state index contributed by atoms with van der Waals surface area (Å²) in [5.74, 6) is 1.84. The number of hydrogen-bond donors (Lipinski definition) is 2. The van der Waals surface area contributed by atoms with Gasteiger partial charge in [0.05, 0.1) is 6.54 Å². The number of amides is 2. The molecule has 3 fully saturated rings. The molecule has 0 aromatic carbocycles. The fraction of sp³-hybridized carbons (Fsp3) is 0.917. The quantitative estimate of drug-likeness (QED) is 0.730. The van der Waals surface area contributed by atoms with Gasteiger partial charge < -0.3 is 10.6 Å². The molecule has 29 heavy (non-hydrogen) atoms. The van der Waals surface area contributed by atoms with Gasteiger partial charge in [0.2, 0.25) is 11.8 Å². The van der Waals surface area contributed by atoms with Crippen LogP contribution in [-0.4, -0.2) is 47.4 Å². The van der Waals surface area contributed by atoms with Gasteiger partial charge in [-0.05, 0) is 77.6 Å². The van der Waals surface area contributed by atoms with Gasteiger partial charge >= 0.3 is 0 Å². The lowest BCUT2D eigenvalue weighted by atomic mass is 9.58. The highest BCUT2D eigenvalue weighted by Crippen LogP contribution is 2.51. The van der Waals surface area contributed by atoms with E-state index in [2.05, 4.69) is 29.4 Å². The van der Waals surface area contributed by atoms with Crippen LogP contribution in [0.3, 0.4) is 0 Å². The van der Waals surface area contributed by atoms with E-state index in [-0.39, 0.29) is 22.4 Å². The summed E-state index contributed by atoms with van der Waals surface area (Å²) in [5, 5.41) is 6.62. The Morgan fingerprint density at radius 1 is 1.10 bits per heavy atom. The van der Waals surface area contributed by atoms with Crippen LogP contribution in [0.4, 0.5) is 0 Å². The molecule has 3 rings (SSSR count). The largest absolute Gasteiger partial charge is 0.350 e. The molecule has 166 valence electrons. The van der Waals surface area contributed by atoms with Gasteiger partial charge in [0.1, 0.15) is 0 Å². The molecule has 1 heterocycles. The van der Waals surface area contributed by atoms with E-state index in [4.69, 9.17) is 0 Å². The lowest BCUT2D eigenvalue weighted by molar-refractivity contribution is -0.141. The van der Waals surface area contributed by atoms with Crippen molar-refractivity contribution in [3.63, 3.8) is 0 Å². The SMILES string of the molecule is CCC1(NC(=O)C23CCCC(CC(C)C2)C3)CCN(CC(=O)NC(C)(C)C)CC1. The van der Waals surface area contributed by atoms with Crippen LogP contribution >= 0.6 is 0 Å². The predicted molar refractivity (Wildman–Crippen MR) is 118 cm³/mol. The molecule has 3 unspecified atom stereocenters. The maximum Gasteiger partial charge on any atom is 0.234 e. The Balaban J connectivity index is 1.57. The van der Waals surface area contributed by atoms with E-state index < -0.39 is 0 Å². The normalized spacial score (nSPS) is 32.4. The van der Waals surface area contributed by atoms with Gasteiger partial charge in [0.25, 0.3) is 0 Å². The van der Waals surface area contributed by atoms with Crippen LogP contribution in [0.5, 0.6) is 0 Å². The summed E-state index contributed by atoms with van der Waals surface area (Å²) in [7, 11) is 0. The molecule has 2 saturated carbocycles. The summed E-state index contributed by atoms with van der Waals surface area (Å²) in [6, 6.07) is 0. The first-order valence-electron chi connectivity index (χ1n) is 11.9. The number of fused-ring (bicyclic) bond motifs is 2. The number of rotatable bonds is 5. The van der Waals surface area contributed by atoms with Gasteiger partial charge in [-0.3, -0.25) is 14.5 Å². The average molecular weight is 406 g/mol. The van der Waals surface area contributed by atoms with E-state index in [0.29, 0.717) is 18.4 Å². The van der Waals surface area contributed by atoms with Crippen LogP contribution in [0.2, 0.25) is 0 Å². The van der Waals surface area contributed by atoms with Crippen LogP contribution in [0.25, 0.3) is 0 Å². The summed E-state index contributed by atoms with van der Waals surface area (Å²) in [5.41, 5.74) is -0.411. The Labute approximate surface area is 177 Å². The third-order valence-electron chi connectivity index (χ3n) is 7.65. The van der Waals surface area contributed by atoms with Crippen molar-refractivity contribution in [2.75, 3.05) is 19.6 Å². The minimum absolute atomic E-state index is 0.0915. The van der Waals surface area contributed by atoms with E-state index in [9.17, 15) is 9.59 Å². The maximum atomic E-state index is 13.5. The summed E-state index contributed by atoms with van der Waals surface area (Å²) in [6.45, 7) is 12.8. The highest BCUT2D eigenvalue weighted by Gasteiger charge is 2.49. The minimum atomic E-state index is -0.192. The van der Waals surface area contributed by atoms with Crippen molar-refractivity contribution in [2.24, 2.45) is 17.3 Å². The van der Waals surface area contributed by atoms with Crippen molar-refractivity contribution in [3.05, 3.63) is 0 Å². The molecule has 2 N–H and O–H groups in total. The van der Waals surface area contributed by atoms with Gasteiger partial charge in [0, 0.05) is 29.6 Å². The molecule has 5 heteroatoms. The molecule has 0 aromatic heterocycles. The molecule has 1 saturated heterocycles. The van der Waals surface area contributed by atoms with Crippen molar-refractivity contribution in [1.29, 1.82) is 0 Å². The van der Waals surface area contributed by atoms with E-state index in [1.807, 2.05) is 20.8 Å². The van der Waals surface area contributed by atoms with Crippen molar-refractivity contribution < 1.29 is 9.59 Å². The zero-order chi connectivity index (χ0) is 21.3. The van der Waals surface area contributed by atoms with E-state index in [0.717, 1.165) is 57.5 Å². The molecular formula is C24H43N3O2. The molecule has 1 aliphatic heterocycles. The average Bonchev–Trinajstić information content (AvgIpc) is 2.61. The van der Waals surface area contributed by atoms with Gasteiger partial charge in [-0.1, -0.05) is 26.7 Å². The second kappa shape index (κ2) is 8.56. The van der Waals surface area contributed by atoms with E-state index in [1.54, 1.807) is 0 Å². The van der Waals surface area contributed by atoms with Crippen molar-refractivity contribution in [3.8, 4) is 0 Å². The number of carbonyl (C=O) groups excluding carboxylic acids is 2. The van der Waals surface area contributed by atoms with E-state index >= 15 is 0 Å². The topological polar surface area (TPSA) is 61.4 Å². The molecule has 3 aliphatic rings. The van der Waals surface area contributed by atoms with Crippen LogP contribution in [0.1, 0.15) is 92.4 Å². The molecule has 0 spiro atoms. The zero-order valence-corrected chi connectivity index (χ0v) is 19.4. The predicted octanol–water partition coefficient (Wildman–Crippen LogP) is 3.87. The van der Waals surface area contributed by atoms with Crippen LogP contribution < -0.4 is 10.6 Å². The molecule has 0 radical (unpaired) electrons. The minimum Gasteiger partial charge on any atom is -0.350 e. The number of likely N-dealkylation sites (tertiary alicyclic amines) is 1. The maximum absolute atomic E-state index is 13.5. The highest BCUT2D eigenvalue weighted by atomic mass is 16.2. The number of carbonyl (C=O) groups is 2. The lowest BCUT2D eigenvalue weighted by Gasteiger charge is -2.49. The summed E-state index contributed by atoms with van der Waals surface area (Å²) in [4.78, 5) is 28.0. The molecule has 2 amide bonds. The lowest BCUT2D eigenvalue weighted by Crippen LogP contribution is -2.60. The fourth-order valence-electron chi connectivity index (χ4n) is 6.23. The molecule has 2 aliphatic carbocycles. The smallest absolute Gasteiger partial charge is 0.234 e. The second-order valence-corrected chi connectivity index (χ2v) is 11.5. The van der Waals surface area contributed by atoms with Crippen LogP contribution in [0.15, 0.2) is 0 Å². The van der Waals surface area contributed by atoms with Crippen LogP contribution in [0, 0.1) is 17.3 Å². The molecule has 2 bridgehead atoms. The number of piperidine rings is 1. The summed E-state index contributed by atoms with van der Waals surface area (Å²) in [6.07, 6.45) is 9.90. The number of nitrogens with zero attached hydrogens (tertiary/aromatic N) is 1. The second-order valence-electron chi connectivity index (χ2n) is 11.5. The first-order valence-corrected chi connectivity index (χ1v) is 11.9. The monoisotopic (exact) mass is 405 g/mol. The van der Waals surface area contributed by atoms with Crippen molar-refractivity contribution >= 4 is 11.8 Å².